The molecule has 0 spiro atoms. The Morgan fingerprint density at radius 1 is 1.07 bits per heavy atom. The van der Waals surface area contributed by atoms with Gasteiger partial charge in [-0.2, -0.15) is 0 Å². The van der Waals surface area contributed by atoms with Gasteiger partial charge in [-0.15, -0.1) is 0 Å². The highest BCUT2D eigenvalue weighted by molar-refractivity contribution is 5.88. The van der Waals surface area contributed by atoms with E-state index >= 15 is 0 Å². The number of ketones is 1. The van der Waals surface area contributed by atoms with Gasteiger partial charge in [0, 0.05) is 44.6 Å². The topological polar surface area (TPSA) is 49.9 Å². The molecule has 2 aliphatic heterocycles. The molecule has 2 bridgehead atoms. The maximum Gasteiger partial charge on any atom is 0.306 e. The molecular weight excluding hydrogens is 376 g/mol. The van der Waals surface area contributed by atoms with Crippen molar-refractivity contribution in [1.82, 2.24) is 9.80 Å². The molecule has 0 saturated carbocycles. The molecule has 4 rings (SSSR count). The first-order valence-electron chi connectivity index (χ1n) is 10.9. The van der Waals surface area contributed by atoms with Crippen LogP contribution >= 0.6 is 0 Å². The Labute approximate surface area is 178 Å². The molecule has 2 fully saturated rings. The predicted octanol–water partition coefficient (Wildman–Crippen LogP) is 3.60. The molecule has 4 atom stereocenters. The van der Waals surface area contributed by atoms with Gasteiger partial charge in [0.25, 0.3) is 0 Å². The van der Waals surface area contributed by atoms with Gasteiger partial charge in [0.2, 0.25) is 0 Å². The Morgan fingerprint density at radius 2 is 1.73 bits per heavy atom. The average molecular weight is 407 g/mol. The lowest BCUT2D eigenvalue weighted by Gasteiger charge is -2.54. The molecule has 0 aliphatic carbocycles. The van der Waals surface area contributed by atoms with Crippen molar-refractivity contribution in [1.29, 1.82) is 0 Å². The van der Waals surface area contributed by atoms with Gasteiger partial charge in [-0.05, 0) is 18.1 Å². The van der Waals surface area contributed by atoms with Crippen LogP contribution in [0.3, 0.4) is 0 Å². The van der Waals surface area contributed by atoms with E-state index in [1.807, 2.05) is 24.3 Å². The molecule has 158 valence electrons. The van der Waals surface area contributed by atoms with E-state index < -0.39 is 6.10 Å². The number of carbonyl (C=O) groups is 2. The van der Waals surface area contributed by atoms with Gasteiger partial charge < -0.3 is 4.74 Å². The third-order valence-corrected chi connectivity index (χ3v) is 6.35. The molecule has 5 heteroatoms. The maximum absolute atomic E-state index is 12.9. The highest BCUT2D eigenvalue weighted by atomic mass is 16.5. The average Bonchev–Trinajstić information content (AvgIpc) is 2.77. The summed E-state index contributed by atoms with van der Waals surface area (Å²) in [7, 11) is 0. The maximum atomic E-state index is 12.9. The molecule has 0 radical (unpaired) electrons. The zero-order valence-electron chi connectivity index (χ0n) is 17.7. The summed E-state index contributed by atoms with van der Waals surface area (Å²) in [5.41, 5.74) is 2.48. The van der Waals surface area contributed by atoms with Crippen molar-refractivity contribution < 1.29 is 14.3 Å². The van der Waals surface area contributed by atoms with Gasteiger partial charge in [-0.25, -0.2) is 0 Å². The minimum absolute atomic E-state index is 0.0580. The Morgan fingerprint density at radius 3 is 2.40 bits per heavy atom. The summed E-state index contributed by atoms with van der Waals surface area (Å²) >= 11 is 0. The Hall–Kier alpha value is -2.50. The SMILES string of the molecule is CCC(=O)OC1C(=O)CC2CN(Cc3ccccc3)CC1N2C(C)c1ccccc1. The van der Waals surface area contributed by atoms with Crippen molar-refractivity contribution in [3.8, 4) is 0 Å². The van der Waals surface area contributed by atoms with Crippen molar-refractivity contribution in [3.63, 3.8) is 0 Å². The Balaban J connectivity index is 1.61. The fourth-order valence-corrected chi connectivity index (χ4v) is 4.93. The minimum Gasteiger partial charge on any atom is -0.453 e. The van der Waals surface area contributed by atoms with Gasteiger partial charge >= 0.3 is 5.97 Å². The van der Waals surface area contributed by atoms with E-state index in [2.05, 4.69) is 53.1 Å². The van der Waals surface area contributed by atoms with Crippen LogP contribution in [0.15, 0.2) is 60.7 Å². The zero-order chi connectivity index (χ0) is 21.1. The van der Waals surface area contributed by atoms with Crippen molar-refractivity contribution in [2.24, 2.45) is 0 Å². The molecule has 2 aliphatic rings. The number of Topliss-reactive ketones (excluding diaryl/α,β-unsaturated/α-hetero) is 1. The zero-order valence-corrected chi connectivity index (χ0v) is 17.7. The molecule has 2 aromatic rings. The number of benzene rings is 2. The molecule has 2 heterocycles. The highest BCUT2D eigenvalue weighted by Gasteiger charge is 2.50. The van der Waals surface area contributed by atoms with E-state index in [1.165, 1.54) is 11.1 Å². The number of fused-ring (bicyclic) bond motifs is 2. The van der Waals surface area contributed by atoms with Gasteiger partial charge in [0.05, 0.1) is 6.04 Å². The molecule has 4 unspecified atom stereocenters. The van der Waals surface area contributed by atoms with E-state index in [-0.39, 0.29) is 36.3 Å². The number of ether oxygens (including phenoxy) is 1. The fourth-order valence-electron chi connectivity index (χ4n) is 4.93. The number of rotatable bonds is 6. The van der Waals surface area contributed by atoms with Crippen LogP contribution in [0.1, 0.15) is 43.9 Å². The first kappa shape index (κ1) is 20.8. The lowest BCUT2D eigenvalue weighted by atomic mass is 9.85. The molecular formula is C25H30N2O3. The van der Waals surface area contributed by atoms with E-state index in [0.717, 1.165) is 13.1 Å². The Kier molecular flexibility index (Phi) is 6.30. The first-order valence-corrected chi connectivity index (χ1v) is 10.9. The van der Waals surface area contributed by atoms with Crippen LogP contribution in [0.2, 0.25) is 0 Å². The van der Waals surface area contributed by atoms with Crippen LogP contribution in [-0.2, 0) is 20.9 Å². The van der Waals surface area contributed by atoms with Crippen molar-refractivity contribution in [2.45, 2.75) is 57.5 Å². The molecule has 0 N–H and O–H groups in total. The third kappa shape index (κ3) is 4.32. The Bertz CT molecular complexity index is 870. The monoisotopic (exact) mass is 406 g/mol. The van der Waals surface area contributed by atoms with Crippen molar-refractivity contribution in [2.75, 3.05) is 13.1 Å². The van der Waals surface area contributed by atoms with Crippen LogP contribution < -0.4 is 0 Å². The number of piperidine rings is 1. The van der Waals surface area contributed by atoms with E-state index in [1.54, 1.807) is 6.92 Å². The summed E-state index contributed by atoms with van der Waals surface area (Å²) in [6.07, 6.45) is 0.00105. The lowest BCUT2D eigenvalue weighted by Crippen LogP contribution is -2.68. The van der Waals surface area contributed by atoms with Crippen LogP contribution in [0.25, 0.3) is 0 Å². The molecule has 0 amide bonds. The van der Waals surface area contributed by atoms with Crippen LogP contribution in [-0.4, -0.2) is 52.8 Å². The second kappa shape index (κ2) is 9.11. The quantitative estimate of drug-likeness (QED) is 0.686. The van der Waals surface area contributed by atoms with Crippen molar-refractivity contribution in [3.05, 3.63) is 71.8 Å². The number of piperazine rings is 1. The number of esters is 1. The smallest absolute Gasteiger partial charge is 0.306 e. The second-order valence-corrected chi connectivity index (χ2v) is 8.37. The minimum atomic E-state index is -0.696. The van der Waals surface area contributed by atoms with Gasteiger partial charge in [-0.3, -0.25) is 19.4 Å². The van der Waals surface area contributed by atoms with E-state index in [0.29, 0.717) is 13.0 Å². The standard InChI is InChI=1S/C25H30N2O3/c1-3-24(29)30-25-22-17-26(15-19-10-6-4-7-11-19)16-21(14-23(25)28)27(22)18(2)20-12-8-5-9-13-20/h4-13,18,21-22,25H,3,14-17H2,1-2H3. The normalized spacial score (nSPS) is 25.7. The summed E-state index contributed by atoms with van der Waals surface area (Å²) in [5, 5.41) is 0. The van der Waals surface area contributed by atoms with Crippen LogP contribution in [0.5, 0.6) is 0 Å². The second-order valence-electron chi connectivity index (χ2n) is 8.37. The van der Waals surface area contributed by atoms with Crippen molar-refractivity contribution >= 4 is 11.8 Å². The summed E-state index contributed by atoms with van der Waals surface area (Å²) in [6.45, 7) is 6.34. The molecule has 2 saturated heterocycles. The number of likely N-dealkylation sites (tertiary alicyclic amines) is 1. The summed E-state index contributed by atoms with van der Waals surface area (Å²) in [5.74, 6) is -0.248. The number of carbonyl (C=O) groups excluding carboxylic acids is 2. The third-order valence-electron chi connectivity index (χ3n) is 6.35. The van der Waals surface area contributed by atoms with Gasteiger partial charge in [-0.1, -0.05) is 67.6 Å². The molecule has 30 heavy (non-hydrogen) atoms. The summed E-state index contributed by atoms with van der Waals surface area (Å²) < 4.78 is 5.70. The lowest BCUT2D eigenvalue weighted by molar-refractivity contribution is -0.172. The summed E-state index contributed by atoms with van der Waals surface area (Å²) in [4.78, 5) is 29.8. The van der Waals surface area contributed by atoms with Gasteiger partial charge in [0.15, 0.2) is 11.9 Å². The number of nitrogens with zero attached hydrogens (tertiary/aromatic N) is 2. The molecule has 2 aromatic carbocycles. The molecule has 5 nitrogen and oxygen atoms in total. The number of hydrogen-bond donors (Lipinski definition) is 0. The molecule has 0 aromatic heterocycles. The largest absolute Gasteiger partial charge is 0.453 e. The summed E-state index contributed by atoms with van der Waals surface area (Å²) in [6, 6.07) is 20.9. The van der Waals surface area contributed by atoms with Crippen LogP contribution in [0, 0.1) is 0 Å². The van der Waals surface area contributed by atoms with E-state index in [4.69, 9.17) is 4.74 Å². The van der Waals surface area contributed by atoms with E-state index in [9.17, 15) is 9.59 Å². The number of hydrogen-bond acceptors (Lipinski definition) is 5. The first-order chi connectivity index (χ1) is 14.6. The van der Waals surface area contributed by atoms with Gasteiger partial charge in [0.1, 0.15) is 0 Å². The highest BCUT2D eigenvalue weighted by Crippen LogP contribution is 2.36. The van der Waals surface area contributed by atoms with Crippen LogP contribution in [0.4, 0.5) is 0 Å². The fraction of sp³-hybridized carbons (Fsp3) is 0.440. The predicted molar refractivity (Wildman–Crippen MR) is 116 cm³/mol.